The van der Waals surface area contributed by atoms with E-state index >= 15 is 0 Å². The summed E-state index contributed by atoms with van der Waals surface area (Å²) in [4.78, 5) is -0.0943. The van der Waals surface area contributed by atoms with Gasteiger partial charge in [0.05, 0.1) is 10.5 Å². The first kappa shape index (κ1) is 16.6. The van der Waals surface area contributed by atoms with Gasteiger partial charge in [-0.15, -0.1) is 0 Å². The number of aliphatic hydroxyl groups excluding tert-OH is 1. The zero-order valence-corrected chi connectivity index (χ0v) is 12.4. The number of aliphatic hydroxyl groups is 1. The molecule has 0 atom stereocenters. The molecule has 0 amide bonds. The van der Waals surface area contributed by atoms with Crippen LogP contribution in [0.2, 0.25) is 0 Å². The second-order valence-corrected chi connectivity index (χ2v) is 6.33. The van der Waals surface area contributed by atoms with Gasteiger partial charge in [0.2, 0.25) is 10.0 Å². The van der Waals surface area contributed by atoms with Gasteiger partial charge in [-0.3, -0.25) is 0 Å². The molecule has 0 saturated heterocycles. The predicted octanol–water partition coefficient (Wildman–Crippen LogP) is 1.59. The van der Waals surface area contributed by atoms with Crippen LogP contribution in [0.15, 0.2) is 23.1 Å². The summed E-state index contributed by atoms with van der Waals surface area (Å²) in [6.45, 7) is 1.99. The summed E-state index contributed by atoms with van der Waals surface area (Å²) < 4.78 is 39.4. The average molecular weight is 299 g/mol. The van der Waals surface area contributed by atoms with Gasteiger partial charge in [0, 0.05) is 13.6 Å². The van der Waals surface area contributed by atoms with E-state index in [4.69, 9.17) is 5.11 Å². The molecule has 0 heterocycles. The molecule has 1 N–H and O–H groups in total. The second kappa shape index (κ2) is 7.39. The summed E-state index contributed by atoms with van der Waals surface area (Å²) in [5, 5.41) is 8.56. The van der Waals surface area contributed by atoms with Crippen molar-refractivity contribution < 1.29 is 17.9 Å². The summed E-state index contributed by atoms with van der Waals surface area (Å²) in [6, 6.07) is 3.58. The Bertz CT molecular complexity index is 617. The minimum absolute atomic E-state index is 0.0641. The molecule has 0 aromatic heterocycles. The molecule has 0 spiro atoms. The number of halogens is 1. The van der Waals surface area contributed by atoms with E-state index in [9.17, 15) is 12.8 Å². The lowest BCUT2D eigenvalue weighted by Gasteiger charge is -2.16. The third-order valence-electron chi connectivity index (χ3n) is 2.78. The predicted molar refractivity (Wildman–Crippen MR) is 75.1 cm³/mol. The fraction of sp³-hybridized carbons (Fsp3) is 0.429. The van der Waals surface area contributed by atoms with Crippen LogP contribution in [0.4, 0.5) is 4.39 Å². The number of unbranched alkanes of at least 4 members (excludes halogenated alkanes) is 1. The van der Waals surface area contributed by atoms with Crippen molar-refractivity contribution in [3.8, 4) is 11.8 Å². The highest BCUT2D eigenvalue weighted by molar-refractivity contribution is 7.89. The third kappa shape index (κ3) is 4.04. The second-order valence-electron chi connectivity index (χ2n) is 4.28. The molecule has 20 heavy (non-hydrogen) atoms. The lowest BCUT2D eigenvalue weighted by atomic mass is 10.2. The van der Waals surface area contributed by atoms with Crippen LogP contribution in [0.1, 0.15) is 25.3 Å². The van der Waals surface area contributed by atoms with Crippen LogP contribution in [0, 0.1) is 17.7 Å². The van der Waals surface area contributed by atoms with Crippen molar-refractivity contribution in [1.82, 2.24) is 4.31 Å². The number of rotatable bonds is 5. The van der Waals surface area contributed by atoms with Crippen molar-refractivity contribution in [3.05, 3.63) is 29.6 Å². The van der Waals surface area contributed by atoms with E-state index in [1.54, 1.807) is 0 Å². The lowest BCUT2D eigenvalue weighted by Crippen LogP contribution is -2.28. The summed E-state index contributed by atoms with van der Waals surface area (Å²) in [5.41, 5.74) is 0.0641. The maximum absolute atomic E-state index is 13.8. The van der Waals surface area contributed by atoms with Gasteiger partial charge in [-0.2, -0.15) is 0 Å². The molecule has 0 aliphatic carbocycles. The first-order valence-electron chi connectivity index (χ1n) is 6.29. The van der Waals surface area contributed by atoms with Crippen molar-refractivity contribution in [2.75, 3.05) is 20.2 Å². The minimum atomic E-state index is -3.68. The van der Waals surface area contributed by atoms with E-state index < -0.39 is 15.8 Å². The molecule has 0 fully saturated rings. The summed E-state index contributed by atoms with van der Waals surface area (Å²) in [5.74, 6) is 4.03. The molecule has 110 valence electrons. The Balaban J connectivity index is 3.05. The monoisotopic (exact) mass is 299 g/mol. The van der Waals surface area contributed by atoms with Gasteiger partial charge < -0.3 is 5.11 Å². The summed E-state index contributed by atoms with van der Waals surface area (Å²) in [7, 11) is -2.20. The van der Waals surface area contributed by atoms with Crippen molar-refractivity contribution >= 4 is 10.0 Å². The molecule has 0 aliphatic heterocycles. The van der Waals surface area contributed by atoms with Crippen molar-refractivity contribution in [2.24, 2.45) is 0 Å². The van der Waals surface area contributed by atoms with E-state index in [0.717, 1.165) is 18.9 Å². The highest BCUT2D eigenvalue weighted by atomic mass is 32.2. The quantitative estimate of drug-likeness (QED) is 0.840. The minimum Gasteiger partial charge on any atom is -0.384 e. The van der Waals surface area contributed by atoms with Crippen molar-refractivity contribution in [3.63, 3.8) is 0 Å². The first-order chi connectivity index (χ1) is 9.43. The van der Waals surface area contributed by atoms with Gasteiger partial charge in [0.25, 0.3) is 0 Å². The Morgan fingerprint density at radius 2 is 2.10 bits per heavy atom. The van der Waals surface area contributed by atoms with Gasteiger partial charge >= 0.3 is 0 Å². The number of hydrogen-bond donors (Lipinski definition) is 1. The molecular weight excluding hydrogens is 281 g/mol. The maximum atomic E-state index is 13.8. The van der Waals surface area contributed by atoms with Gasteiger partial charge in [0.1, 0.15) is 12.4 Å². The molecule has 0 saturated carbocycles. The van der Waals surface area contributed by atoms with Crippen LogP contribution in [0.3, 0.4) is 0 Å². The summed E-state index contributed by atoms with van der Waals surface area (Å²) >= 11 is 0. The van der Waals surface area contributed by atoms with Crippen LogP contribution < -0.4 is 0 Å². The Labute approximate surface area is 119 Å². The van der Waals surface area contributed by atoms with E-state index in [2.05, 4.69) is 11.8 Å². The molecular formula is C14H18FNO3S. The number of sulfonamides is 1. The SMILES string of the molecule is CCCCN(C)S(=O)(=O)c1ccc(C#CCO)c(F)c1. The smallest absolute Gasteiger partial charge is 0.242 e. The van der Waals surface area contributed by atoms with E-state index in [1.807, 2.05) is 6.92 Å². The molecule has 1 aromatic carbocycles. The van der Waals surface area contributed by atoms with E-state index in [1.165, 1.54) is 23.5 Å². The molecule has 6 heteroatoms. The standard InChI is InChI=1S/C14H18FNO3S/c1-3-4-9-16(2)20(18,19)13-8-7-12(6-5-10-17)14(15)11-13/h7-8,11,17H,3-4,9-10H2,1-2H3. The first-order valence-corrected chi connectivity index (χ1v) is 7.73. The van der Waals surface area contributed by atoms with Crippen LogP contribution in [0.25, 0.3) is 0 Å². The largest absolute Gasteiger partial charge is 0.384 e. The third-order valence-corrected chi connectivity index (χ3v) is 4.63. The lowest BCUT2D eigenvalue weighted by molar-refractivity contribution is 0.350. The van der Waals surface area contributed by atoms with Gasteiger partial charge in [-0.1, -0.05) is 25.2 Å². The Morgan fingerprint density at radius 1 is 1.40 bits per heavy atom. The highest BCUT2D eigenvalue weighted by Gasteiger charge is 2.21. The fourth-order valence-corrected chi connectivity index (χ4v) is 2.80. The Kier molecular flexibility index (Phi) is 6.14. The molecule has 1 aromatic rings. The Morgan fingerprint density at radius 3 is 2.65 bits per heavy atom. The van der Waals surface area contributed by atoms with E-state index in [0.29, 0.717) is 6.54 Å². The van der Waals surface area contributed by atoms with Gasteiger partial charge in [-0.05, 0) is 24.6 Å². The average Bonchev–Trinajstić information content (AvgIpc) is 2.43. The topological polar surface area (TPSA) is 57.6 Å². The van der Waals surface area contributed by atoms with Gasteiger partial charge in [0.15, 0.2) is 0 Å². The molecule has 1 rings (SSSR count). The Hall–Kier alpha value is -1.42. The number of nitrogens with zero attached hydrogens (tertiary/aromatic N) is 1. The maximum Gasteiger partial charge on any atom is 0.242 e. The molecule has 0 unspecified atom stereocenters. The van der Waals surface area contributed by atoms with Crippen LogP contribution in [0.5, 0.6) is 0 Å². The van der Waals surface area contributed by atoms with E-state index in [-0.39, 0.29) is 17.1 Å². The normalized spacial score (nSPS) is 11.2. The highest BCUT2D eigenvalue weighted by Crippen LogP contribution is 2.18. The van der Waals surface area contributed by atoms with Crippen LogP contribution in [-0.4, -0.2) is 38.0 Å². The van der Waals surface area contributed by atoms with Crippen molar-refractivity contribution in [1.29, 1.82) is 0 Å². The van der Waals surface area contributed by atoms with Crippen LogP contribution >= 0.6 is 0 Å². The number of benzene rings is 1. The van der Waals surface area contributed by atoms with Gasteiger partial charge in [-0.25, -0.2) is 17.1 Å². The fourth-order valence-electron chi connectivity index (χ4n) is 1.57. The number of hydrogen-bond acceptors (Lipinski definition) is 3. The zero-order chi connectivity index (χ0) is 15.2. The molecule has 4 nitrogen and oxygen atoms in total. The molecule has 0 aliphatic rings. The van der Waals surface area contributed by atoms with Crippen molar-refractivity contribution in [2.45, 2.75) is 24.7 Å². The zero-order valence-electron chi connectivity index (χ0n) is 11.6. The molecule has 0 radical (unpaired) electrons. The summed E-state index contributed by atoms with van der Waals surface area (Å²) in [6.07, 6.45) is 1.63. The molecule has 0 bridgehead atoms. The van der Waals surface area contributed by atoms with Crippen LogP contribution in [-0.2, 0) is 10.0 Å².